The van der Waals surface area contributed by atoms with Crippen LogP contribution < -0.4 is 0 Å². The van der Waals surface area contributed by atoms with Crippen molar-refractivity contribution in [2.75, 3.05) is 7.11 Å². The lowest BCUT2D eigenvalue weighted by Gasteiger charge is -2.22. The molecule has 0 N–H and O–H groups in total. The van der Waals surface area contributed by atoms with Crippen LogP contribution in [0.25, 0.3) is 0 Å². The Morgan fingerprint density at radius 1 is 1.27 bits per heavy atom. The van der Waals surface area contributed by atoms with Crippen molar-refractivity contribution in [1.29, 1.82) is 0 Å². The molecule has 86 valence electrons. The Labute approximate surface area is 91.7 Å². The number of methoxy groups -OCH3 is 1. The van der Waals surface area contributed by atoms with E-state index in [1.165, 1.54) is 0 Å². The van der Waals surface area contributed by atoms with Gasteiger partial charge in [0.05, 0.1) is 0 Å². The smallest absolute Gasteiger partial charge is 0.159 e. The van der Waals surface area contributed by atoms with E-state index in [0.29, 0.717) is 12.6 Å². The molecule has 0 fully saturated rings. The summed E-state index contributed by atoms with van der Waals surface area (Å²) in [6.07, 6.45) is 0. The average molecular weight is 211 g/mol. The molecule has 0 aliphatic heterocycles. The van der Waals surface area contributed by atoms with Crippen LogP contribution in [0.2, 0.25) is 0 Å². The first-order valence-electron chi connectivity index (χ1n) is 5.31. The van der Waals surface area contributed by atoms with Crippen LogP contribution in [-0.4, -0.2) is 21.9 Å². The van der Waals surface area contributed by atoms with Crippen LogP contribution in [0.3, 0.4) is 0 Å². The minimum Gasteiger partial charge on any atom is -0.377 e. The van der Waals surface area contributed by atoms with E-state index in [4.69, 9.17) is 4.74 Å². The molecule has 0 bridgehead atoms. The van der Waals surface area contributed by atoms with Gasteiger partial charge in [-0.2, -0.15) is 0 Å². The summed E-state index contributed by atoms with van der Waals surface area (Å²) in [5, 5.41) is 8.44. The van der Waals surface area contributed by atoms with Crippen molar-refractivity contribution < 1.29 is 4.74 Å². The largest absolute Gasteiger partial charge is 0.377 e. The summed E-state index contributed by atoms with van der Waals surface area (Å²) in [5.74, 6) is 1.92. The van der Waals surface area contributed by atoms with Gasteiger partial charge in [-0.3, -0.25) is 0 Å². The van der Waals surface area contributed by atoms with Gasteiger partial charge >= 0.3 is 0 Å². The first-order valence-corrected chi connectivity index (χ1v) is 5.31. The van der Waals surface area contributed by atoms with Crippen molar-refractivity contribution in [3.63, 3.8) is 0 Å². The zero-order chi connectivity index (χ0) is 11.6. The van der Waals surface area contributed by atoms with Crippen molar-refractivity contribution in [2.45, 2.75) is 52.7 Å². The Balaban J connectivity index is 3.18. The predicted molar refractivity (Wildman–Crippen MR) is 59.8 cm³/mol. The van der Waals surface area contributed by atoms with Gasteiger partial charge in [0.1, 0.15) is 12.4 Å². The number of hydrogen-bond donors (Lipinski definition) is 0. The molecule has 4 heteroatoms. The van der Waals surface area contributed by atoms with Gasteiger partial charge in [-0.25, -0.2) is 0 Å². The van der Waals surface area contributed by atoms with Crippen LogP contribution in [0.1, 0.15) is 52.3 Å². The minimum atomic E-state index is 0.0171. The molecule has 0 atom stereocenters. The molecule has 0 spiro atoms. The lowest BCUT2D eigenvalue weighted by molar-refractivity contribution is 0.172. The molecule has 0 aromatic carbocycles. The molecule has 4 nitrogen and oxygen atoms in total. The molecule has 0 radical (unpaired) electrons. The van der Waals surface area contributed by atoms with Gasteiger partial charge in [0.15, 0.2) is 5.82 Å². The fourth-order valence-electron chi connectivity index (χ4n) is 1.61. The van der Waals surface area contributed by atoms with E-state index in [2.05, 4.69) is 49.4 Å². The minimum absolute atomic E-state index is 0.0171. The van der Waals surface area contributed by atoms with E-state index in [9.17, 15) is 0 Å². The average Bonchev–Trinajstić information content (AvgIpc) is 2.47. The van der Waals surface area contributed by atoms with Gasteiger partial charge < -0.3 is 9.30 Å². The van der Waals surface area contributed by atoms with Crippen LogP contribution >= 0.6 is 0 Å². The summed E-state index contributed by atoms with van der Waals surface area (Å²) in [6, 6.07) is 0.361. The Bertz CT molecular complexity index is 323. The molecule has 0 saturated carbocycles. The van der Waals surface area contributed by atoms with Crippen molar-refractivity contribution in [2.24, 2.45) is 0 Å². The van der Waals surface area contributed by atoms with E-state index in [1.807, 2.05) is 0 Å². The Morgan fingerprint density at radius 3 is 2.27 bits per heavy atom. The van der Waals surface area contributed by atoms with Crippen molar-refractivity contribution in [3.05, 3.63) is 11.6 Å². The zero-order valence-corrected chi connectivity index (χ0v) is 10.5. The Morgan fingerprint density at radius 2 is 1.87 bits per heavy atom. The first kappa shape index (κ1) is 12.2. The third-order valence-corrected chi connectivity index (χ3v) is 2.23. The summed E-state index contributed by atoms with van der Waals surface area (Å²) in [7, 11) is 1.68. The maximum absolute atomic E-state index is 5.12. The van der Waals surface area contributed by atoms with Crippen LogP contribution in [0, 0.1) is 0 Å². The molecular formula is C11H21N3O. The highest BCUT2D eigenvalue weighted by molar-refractivity contribution is 5.07. The molecule has 1 aromatic heterocycles. The molecule has 1 heterocycles. The third kappa shape index (κ3) is 2.56. The standard InChI is InChI=1S/C11H21N3O/c1-8(2)14-9(7-15-6)12-13-10(14)11(3,4)5/h8H,7H2,1-6H3. The van der Waals surface area contributed by atoms with Gasteiger partial charge in [0.25, 0.3) is 0 Å². The first-order chi connectivity index (χ1) is 6.88. The second kappa shape index (κ2) is 4.31. The lowest BCUT2D eigenvalue weighted by Crippen LogP contribution is -2.21. The summed E-state index contributed by atoms with van der Waals surface area (Å²) in [6.45, 7) is 11.2. The van der Waals surface area contributed by atoms with Gasteiger partial charge in [-0.05, 0) is 13.8 Å². The van der Waals surface area contributed by atoms with Crippen LogP contribution in [0.4, 0.5) is 0 Å². The summed E-state index contributed by atoms with van der Waals surface area (Å²) < 4.78 is 7.28. The molecule has 1 aromatic rings. The molecule has 0 unspecified atom stereocenters. The quantitative estimate of drug-likeness (QED) is 0.770. The number of nitrogens with zero attached hydrogens (tertiary/aromatic N) is 3. The number of rotatable bonds is 3. The zero-order valence-electron chi connectivity index (χ0n) is 10.5. The van der Waals surface area contributed by atoms with Gasteiger partial charge in [0.2, 0.25) is 0 Å². The summed E-state index contributed by atoms with van der Waals surface area (Å²) in [5.41, 5.74) is 0.0171. The molecular weight excluding hydrogens is 190 g/mol. The monoisotopic (exact) mass is 211 g/mol. The van der Waals surface area contributed by atoms with E-state index in [-0.39, 0.29) is 5.41 Å². The molecule has 15 heavy (non-hydrogen) atoms. The Hall–Kier alpha value is -0.900. The van der Waals surface area contributed by atoms with Gasteiger partial charge in [0, 0.05) is 18.6 Å². The molecule has 0 aliphatic carbocycles. The van der Waals surface area contributed by atoms with Crippen molar-refractivity contribution in [3.8, 4) is 0 Å². The molecule has 0 aliphatic rings. The number of ether oxygens (including phenoxy) is 1. The highest BCUT2D eigenvalue weighted by atomic mass is 16.5. The predicted octanol–water partition coefficient (Wildman–Crippen LogP) is 2.30. The third-order valence-electron chi connectivity index (χ3n) is 2.23. The summed E-state index contributed by atoms with van der Waals surface area (Å²) >= 11 is 0. The second-order valence-electron chi connectivity index (χ2n) is 5.09. The molecule has 0 amide bonds. The molecule has 0 saturated heterocycles. The van der Waals surface area contributed by atoms with Crippen molar-refractivity contribution in [1.82, 2.24) is 14.8 Å². The van der Waals surface area contributed by atoms with Crippen LogP contribution in [0.5, 0.6) is 0 Å². The normalized spacial score (nSPS) is 12.5. The van der Waals surface area contributed by atoms with E-state index in [0.717, 1.165) is 11.6 Å². The Kier molecular flexibility index (Phi) is 3.50. The topological polar surface area (TPSA) is 39.9 Å². The summed E-state index contributed by atoms with van der Waals surface area (Å²) in [4.78, 5) is 0. The molecule has 1 rings (SSSR count). The van der Waals surface area contributed by atoms with E-state index >= 15 is 0 Å². The second-order valence-corrected chi connectivity index (χ2v) is 5.09. The van der Waals surface area contributed by atoms with E-state index < -0.39 is 0 Å². The fourth-order valence-corrected chi connectivity index (χ4v) is 1.61. The van der Waals surface area contributed by atoms with E-state index in [1.54, 1.807) is 7.11 Å². The fraction of sp³-hybridized carbons (Fsp3) is 0.818. The van der Waals surface area contributed by atoms with Crippen molar-refractivity contribution >= 4 is 0 Å². The van der Waals surface area contributed by atoms with Gasteiger partial charge in [-0.15, -0.1) is 10.2 Å². The van der Waals surface area contributed by atoms with Crippen LogP contribution in [0.15, 0.2) is 0 Å². The lowest BCUT2D eigenvalue weighted by atomic mass is 9.95. The SMILES string of the molecule is COCc1nnc(C(C)(C)C)n1C(C)C. The number of aromatic nitrogens is 3. The highest BCUT2D eigenvalue weighted by Crippen LogP contribution is 2.24. The highest BCUT2D eigenvalue weighted by Gasteiger charge is 2.24. The maximum atomic E-state index is 5.12. The number of hydrogen-bond acceptors (Lipinski definition) is 3. The van der Waals surface area contributed by atoms with Gasteiger partial charge in [-0.1, -0.05) is 20.8 Å². The van der Waals surface area contributed by atoms with Crippen LogP contribution in [-0.2, 0) is 16.8 Å². The maximum Gasteiger partial charge on any atom is 0.159 e.